The predicted molar refractivity (Wildman–Crippen MR) is 80.6 cm³/mol. The van der Waals surface area contributed by atoms with Gasteiger partial charge in [0.1, 0.15) is 11.7 Å². The fourth-order valence-electron chi connectivity index (χ4n) is 2.35. The molecule has 1 heterocycles. The normalized spacial score (nSPS) is 13.8. The van der Waals surface area contributed by atoms with Crippen LogP contribution in [0.4, 0.5) is 10.1 Å². The minimum Gasteiger partial charge on any atom is -0.320 e. The number of aryl methyl sites for hydroxylation is 1. The van der Waals surface area contributed by atoms with Gasteiger partial charge in [0.2, 0.25) is 0 Å². The third kappa shape index (κ3) is 2.07. The van der Waals surface area contributed by atoms with E-state index in [1.165, 1.54) is 12.1 Å². The van der Waals surface area contributed by atoms with Crippen LogP contribution in [0.3, 0.4) is 0 Å². The van der Waals surface area contributed by atoms with E-state index in [1.807, 2.05) is 6.92 Å². The Morgan fingerprint density at radius 2 is 1.90 bits per heavy atom. The maximum Gasteiger partial charge on any atom is 0.133 e. The van der Waals surface area contributed by atoms with Gasteiger partial charge in [0.25, 0.3) is 0 Å². The van der Waals surface area contributed by atoms with Crippen molar-refractivity contribution >= 4 is 34.7 Å². The Morgan fingerprint density at radius 1 is 1.15 bits per heavy atom. The molecule has 5 heteroatoms. The van der Waals surface area contributed by atoms with Gasteiger partial charge in [-0.05, 0) is 42.3 Å². The van der Waals surface area contributed by atoms with Gasteiger partial charge < -0.3 is 4.90 Å². The van der Waals surface area contributed by atoms with Crippen molar-refractivity contribution in [1.82, 2.24) is 0 Å². The van der Waals surface area contributed by atoms with Gasteiger partial charge in [-0.25, -0.2) is 4.39 Å². The maximum absolute atomic E-state index is 13.3. The highest BCUT2D eigenvalue weighted by atomic mass is 35.5. The molecule has 20 heavy (non-hydrogen) atoms. The Labute approximate surface area is 126 Å². The van der Waals surface area contributed by atoms with Crippen LogP contribution in [-0.2, 0) is 6.54 Å². The molecule has 0 unspecified atom stereocenters. The molecule has 0 saturated carbocycles. The zero-order chi connectivity index (χ0) is 14.4. The maximum atomic E-state index is 13.3. The fourth-order valence-corrected chi connectivity index (χ4v) is 2.83. The summed E-state index contributed by atoms with van der Waals surface area (Å²) in [4.78, 5) is 1.73. The molecule has 1 aliphatic rings. The van der Waals surface area contributed by atoms with Crippen molar-refractivity contribution in [3.8, 4) is 0 Å². The number of rotatable bonds is 1. The minimum atomic E-state index is -0.344. The largest absolute Gasteiger partial charge is 0.320 e. The summed E-state index contributed by atoms with van der Waals surface area (Å²) >= 11 is 12.4. The van der Waals surface area contributed by atoms with Crippen LogP contribution in [-0.4, -0.2) is 5.84 Å². The van der Waals surface area contributed by atoms with Crippen LogP contribution in [0.2, 0.25) is 10.0 Å². The first-order valence-electron chi connectivity index (χ1n) is 6.08. The van der Waals surface area contributed by atoms with E-state index in [4.69, 9.17) is 28.6 Å². The van der Waals surface area contributed by atoms with Crippen LogP contribution >= 0.6 is 23.2 Å². The standard InChI is InChI=1S/C15H11Cl2FN2/c1-8-4-13(17)14(6-12(8)16)20-7-9-2-3-10(18)5-11(9)15(20)19/h2-6,19H,7H2,1H3. The Balaban J connectivity index is 2.07. The number of hydrogen-bond acceptors (Lipinski definition) is 1. The number of fused-ring (bicyclic) bond motifs is 1. The van der Waals surface area contributed by atoms with Crippen molar-refractivity contribution in [1.29, 1.82) is 5.41 Å². The molecule has 2 nitrogen and oxygen atoms in total. The highest BCUT2D eigenvalue weighted by Gasteiger charge is 2.27. The van der Waals surface area contributed by atoms with Crippen LogP contribution in [0.15, 0.2) is 30.3 Å². The molecule has 0 saturated heterocycles. The van der Waals surface area contributed by atoms with E-state index in [1.54, 1.807) is 23.1 Å². The molecule has 0 spiro atoms. The lowest BCUT2D eigenvalue weighted by molar-refractivity contribution is 0.627. The van der Waals surface area contributed by atoms with E-state index in [-0.39, 0.29) is 11.7 Å². The van der Waals surface area contributed by atoms with E-state index in [0.29, 0.717) is 27.8 Å². The number of halogens is 3. The van der Waals surface area contributed by atoms with Crippen molar-refractivity contribution in [2.24, 2.45) is 0 Å². The zero-order valence-corrected chi connectivity index (χ0v) is 12.2. The van der Waals surface area contributed by atoms with Gasteiger partial charge in [-0.15, -0.1) is 0 Å². The van der Waals surface area contributed by atoms with Crippen molar-refractivity contribution in [2.45, 2.75) is 13.5 Å². The van der Waals surface area contributed by atoms with Gasteiger partial charge in [-0.2, -0.15) is 0 Å². The second-order valence-corrected chi connectivity index (χ2v) is 5.60. The van der Waals surface area contributed by atoms with Gasteiger partial charge in [-0.3, -0.25) is 5.41 Å². The second kappa shape index (κ2) is 4.76. The van der Waals surface area contributed by atoms with Gasteiger partial charge >= 0.3 is 0 Å². The lowest BCUT2D eigenvalue weighted by Gasteiger charge is -2.20. The third-order valence-electron chi connectivity index (χ3n) is 3.44. The molecular formula is C15H11Cl2FN2. The van der Waals surface area contributed by atoms with Crippen LogP contribution in [0.1, 0.15) is 16.7 Å². The first-order chi connectivity index (χ1) is 9.47. The van der Waals surface area contributed by atoms with E-state index < -0.39 is 0 Å². The molecule has 0 amide bonds. The molecule has 0 aromatic heterocycles. The zero-order valence-electron chi connectivity index (χ0n) is 10.7. The molecule has 0 fully saturated rings. The van der Waals surface area contributed by atoms with E-state index in [9.17, 15) is 4.39 Å². The lowest BCUT2D eigenvalue weighted by Crippen LogP contribution is -2.23. The van der Waals surface area contributed by atoms with Crippen LogP contribution in [0.25, 0.3) is 0 Å². The molecule has 1 N–H and O–H groups in total. The van der Waals surface area contributed by atoms with Crippen molar-refractivity contribution < 1.29 is 4.39 Å². The number of benzene rings is 2. The smallest absolute Gasteiger partial charge is 0.133 e. The third-order valence-corrected chi connectivity index (χ3v) is 4.15. The molecule has 0 atom stereocenters. The molecule has 0 bridgehead atoms. The van der Waals surface area contributed by atoms with Crippen LogP contribution in [0.5, 0.6) is 0 Å². The van der Waals surface area contributed by atoms with Crippen LogP contribution < -0.4 is 4.90 Å². The first-order valence-corrected chi connectivity index (χ1v) is 6.83. The summed E-state index contributed by atoms with van der Waals surface area (Å²) in [7, 11) is 0. The lowest BCUT2D eigenvalue weighted by atomic mass is 10.1. The first kappa shape index (κ1) is 13.4. The Bertz CT molecular complexity index is 728. The van der Waals surface area contributed by atoms with E-state index >= 15 is 0 Å². The summed E-state index contributed by atoms with van der Waals surface area (Å²) < 4.78 is 13.3. The van der Waals surface area contributed by atoms with Gasteiger partial charge in [-0.1, -0.05) is 29.3 Å². The molecule has 1 aliphatic heterocycles. The molecule has 2 aromatic rings. The summed E-state index contributed by atoms with van der Waals surface area (Å²) in [6, 6.07) is 8.00. The Kier molecular flexibility index (Phi) is 3.19. The molecule has 102 valence electrons. The van der Waals surface area contributed by atoms with E-state index in [0.717, 1.165) is 11.1 Å². The van der Waals surface area contributed by atoms with Crippen molar-refractivity contribution in [3.63, 3.8) is 0 Å². The average molecular weight is 309 g/mol. The number of nitrogens with zero attached hydrogens (tertiary/aromatic N) is 1. The quantitative estimate of drug-likeness (QED) is 0.806. The van der Waals surface area contributed by atoms with Crippen molar-refractivity contribution in [3.05, 3.63) is 62.9 Å². The van der Waals surface area contributed by atoms with Crippen LogP contribution in [0, 0.1) is 18.2 Å². The fraction of sp³-hybridized carbons (Fsp3) is 0.133. The van der Waals surface area contributed by atoms with Gasteiger partial charge in [0, 0.05) is 10.6 Å². The Hall–Kier alpha value is -1.58. The topological polar surface area (TPSA) is 27.1 Å². The number of hydrogen-bond donors (Lipinski definition) is 1. The summed E-state index contributed by atoms with van der Waals surface area (Å²) in [5, 5.41) is 9.33. The predicted octanol–water partition coefficient (Wildman–Crippen LogP) is 4.79. The SMILES string of the molecule is Cc1cc(Cl)c(N2Cc3ccc(F)cc3C2=N)cc1Cl. The van der Waals surface area contributed by atoms with E-state index in [2.05, 4.69) is 0 Å². The summed E-state index contributed by atoms with van der Waals surface area (Å²) in [6.07, 6.45) is 0. The molecule has 2 aromatic carbocycles. The number of amidine groups is 1. The van der Waals surface area contributed by atoms with Gasteiger partial charge in [0.05, 0.1) is 17.3 Å². The molecule has 0 aliphatic carbocycles. The summed E-state index contributed by atoms with van der Waals surface area (Å²) in [5.41, 5.74) is 3.06. The summed E-state index contributed by atoms with van der Waals surface area (Å²) in [6.45, 7) is 2.37. The molecule has 3 rings (SSSR count). The number of nitrogens with one attached hydrogen (secondary N) is 1. The average Bonchev–Trinajstić information content (AvgIpc) is 2.71. The molecular weight excluding hydrogens is 298 g/mol. The number of anilines is 1. The molecule has 0 radical (unpaired) electrons. The second-order valence-electron chi connectivity index (χ2n) is 4.79. The highest BCUT2D eigenvalue weighted by molar-refractivity contribution is 6.36. The van der Waals surface area contributed by atoms with Gasteiger partial charge in [0.15, 0.2) is 0 Å². The summed E-state index contributed by atoms with van der Waals surface area (Å²) in [5.74, 6) is -0.107. The highest BCUT2D eigenvalue weighted by Crippen LogP contribution is 2.36. The monoisotopic (exact) mass is 308 g/mol. The minimum absolute atomic E-state index is 0.237. The van der Waals surface area contributed by atoms with Crippen molar-refractivity contribution in [2.75, 3.05) is 4.90 Å². The Morgan fingerprint density at radius 3 is 2.65 bits per heavy atom.